The number of aryl methyl sites for hydroxylation is 1. The number of para-hydroxylation sites is 1. The number of hydrogen-bond acceptors (Lipinski definition) is 5. The Bertz CT molecular complexity index is 812. The second-order valence-electron chi connectivity index (χ2n) is 5.59. The van der Waals surface area contributed by atoms with Crippen LogP contribution in [0.1, 0.15) is 24.7 Å². The molecule has 8 heteroatoms. The smallest absolute Gasteiger partial charge is 0.329 e. The first-order valence-electron chi connectivity index (χ1n) is 7.95. The van der Waals surface area contributed by atoms with E-state index in [0.29, 0.717) is 17.2 Å². The number of rotatable bonds is 6. The lowest BCUT2D eigenvalue weighted by molar-refractivity contribution is -0.136. The summed E-state index contributed by atoms with van der Waals surface area (Å²) in [6.07, 6.45) is 1.51. The zero-order chi connectivity index (χ0) is 18.9. The van der Waals surface area contributed by atoms with E-state index in [4.69, 9.17) is 4.42 Å². The molecule has 0 atom stereocenters. The van der Waals surface area contributed by atoms with Crippen molar-refractivity contribution < 1.29 is 18.8 Å². The van der Waals surface area contributed by atoms with Crippen LogP contribution >= 0.6 is 0 Å². The van der Waals surface area contributed by atoms with E-state index >= 15 is 0 Å². The van der Waals surface area contributed by atoms with Crippen LogP contribution in [-0.4, -0.2) is 23.4 Å². The third kappa shape index (κ3) is 5.90. The summed E-state index contributed by atoms with van der Waals surface area (Å²) < 4.78 is 5.10. The van der Waals surface area contributed by atoms with Crippen molar-refractivity contribution >= 4 is 29.1 Å². The van der Waals surface area contributed by atoms with Crippen molar-refractivity contribution in [3.05, 3.63) is 54.0 Å². The van der Waals surface area contributed by atoms with E-state index < -0.39 is 11.8 Å². The van der Waals surface area contributed by atoms with Gasteiger partial charge in [0.15, 0.2) is 0 Å². The van der Waals surface area contributed by atoms with Crippen LogP contribution in [0.5, 0.6) is 0 Å². The Balaban J connectivity index is 1.77. The molecule has 0 aliphatic rings. The van der Waals surface area contributed by atoms with E-state index in [2.05, 4.69) is 21.2 Å². The van der Waals surface area contributed by atoms with Gasteiger partial charge in [-0.25, -0.2) is 5.43 Å². The molecule has 0 saturated heterocycles. The number of amides is 3. The maximum absolute atomic E-state index is 11.9. The first-order valence-corrected chi connectivity index (χ1v) is 7.95. The molecule has 0 unspecified atom stereocenters. The van der Waals surface area contributed by atoms with Gasteiger partial charge in [-0.05, 0) is 37.6 Å². The number of anilines is 1. The van der Waals surface area contributed by atoms with Crippen LogP contribution in [0, 0.1) is 6.92 Å². The second-order valence-corrected chi connectivity index (χ2v) is 5.59. The second kappa shape index (κ2) is 9.16. The van der Waals surface area contributed by atoms with E-state index in [1.165, 1.54) is 6.26 Å². The minimum Gasteiger partial charge on any atom is -0.467 e. The summed E-state index contributed by atoms with van der Waals surface area (Å²) in [6.45, 7) is 3.66. The molecule has 0 aliphatic carbocycles. The number of hydrogen-bond donors (Lipinski definition) is 3. The van der Waals surface area contributed by atoms with Crippen LogP contribution in [0.25, 0.3) is 0 Å². The number of nitrogens with one attached hydrogen (secondary N) is 3. The van der Waals surface area contributed by atoms with Gasteiger partial charge in [0.1, 0.15) is 5.76 Å². The van der Waals surface area contributed by atoms with E-state index in [9.17, 15) is 14.4 Å². The van der Waals surface area contributed by atoms with Gasteiger partial charge in [0, 0.05) is 11.4 Å². The summed E-state index contributed by atoms with van der Waals surface area (Å²) in [5.41, 5.74) is 3.88. The molecule has 3 N–H and O–H groups in total. The van der Waals surface area contributed by atoms with Crippen molar-refractivity contribution in [1.82, 2.24) is 10.7 Å². The Kier molecular flexibility index (Phi) is 6.67. The van der Waals surface area contributed by atoms with Crippen LogP contribution in [0.2, 0.25) is 0 Å². The van der Waals surface area contributed by atoms with Crippen LogP contribution in [0.15, 0.2) is 52.2 Å². The Hall–Kier alpha value is -3.42. The summed E-state index contributed by atoms with van der Waals surface area (Å²) in [6, 6.07) is 10.6. The summed E-state index contributed by atoms with van der Waals surface area (Å²) in [5, 5.41) is 8.93. The number of hydrazone groups is 1. The molecule has 2 rings (SSSR count). The lowest BCUT2D eigenvalue weighted by Crippen LogP contribution is -2.33. The Labute approximate surface area is 150 Å². The van der Waals surface area contributed by atoms with Crippen LogP contribution < -0.4 is 16.1 Å². The fraction of sp³-hybridized carbons (Fsp3) is 0.222. The summed E-state index contributed by atoms with van der Waals surface area (Å²) in [4.78, 5) is 35.4. The summed E-state index contributed by atoms with van der Waals surface area (Å²) >= 11 is 0. The minimum absolute atomic E-state index is 0.0135. The van der Waals surface area contributed by atoms with Gasteiger partial charge in [0.2, 0.25) is 5.91 Å². The minimum atomic E-state index is -0.913. The molecule has 3 amide bonds. The topological polar surface area (TPSA) is 113 Å². The number of carbonyl (C=O) groups excluding carboxylic acids is 3. The lowest BCUT2D eigenvalue weighted by Gasteiger charge is -2.07. The largest absolute Gasteiger partial charge is 0.467 e. The van der Waals surface area contributed by atoms with Crippen molar-refractivity contribution in [2.75, 3.05) is 5.32 Å². The predicted octanol–water partition coefficient (Wildman–Crippen LogP) is 1.73. The van der Waals surface area contributed by atoms with Crippen molar-refractivity contribution in [3.8, 4) is 0 Å². The van der Waals surface area contributed by atoms with E-state index in [1.807, 2.05) is 19.1 Å². The highest BCUT2D eigenvalue weighted by Crippen LogP contribution is 2.12. The molecule has 1 heterocycles. The average molecular weight is 356 g/mol. The van der Waals surface area contributed by atoms with Crippen molar-refractivity contribution in [2.45, 2.75) is 26.8 Å². The maximum Gasteiger partial charge on any atom is 0.329 e. The van der Waals surface area contributed by atoms with E-state index in [1.54, 1.807) is 31.2 Å². The molecule has 1 aromatic carbocycles. The van der Waals surface area contributed by atoms with Crippen molar-refractivity contribution in [3.63, 3.8) is 0 Å². The molecule has 1 aromatic heterocycles. The molecular formula is C18H20N4O4. The quantitative estimate of drug-likeness (QED) is 0.415. The molecule has 0 radical (unpaired) electrons. The molecule has 26 heavy (non-hydrogen) atoms. The van der Waals surface area contributed by atoms with Crippen molar-refractivity contribution in [1.29, 1.82) is 0 Å². The number of nitrogens with zero attached hydrogens (tertiary/aromatic N) is 1. The first-order chi connectivity index (χ1) is 12.5. The molecule has 0 bridgehead atoms. The van der Waals surface area contributed by atoms with E-state index in [0.717, 1.165) is 5.56 Å². The van der Waals surface area contributed by atoms with Gasteiger partial charge in [0.25, 0.3) is 0 Å². The molecule has 2 aromatic rings. The van der Waals surface area contributed by atoms with Crippen LogP contribution in [0.4, 0.5) is 5.69 Å². The Morgan fingerprint density at radius 2 is 1.85 bits per heavy atom. The molecule has 0 fully saturated rings. The van der Waals surface area contributed by atoms with Crippen LogP contribution in [0.3, 0.4) is 0 Å². The molecule has 0 spiro atoms. The third-order valence-corrected chi connectivity index (χ3v) is 3.40. The molecule has 136 valence electrons. The average Bonchev–Trinajstić information content (AvgIpc) is 3.13. The maximum atomic E-state index is 11.9. The number of furan rings is 1. The first kappa shape index (κ1) is 18.9. The highest BCUT2D eigenvalue weighted by molar-refractivity contribution is 6.39. The van der Waals surface area contributed by atoms with E-state index in [-0.39, 0.29) is 18.9 Å². The van der Waals surface area contributed by atoms with Gasteiger partial charge in [-0.15, -0.1) is 0 Å². The Morgan fingerprint density at radius 3 is 2.54 bits per heavy atom. The lowest BCUT2D eigenvalue weighted by atomic mass is 10.2. The highest BCUT2D eigenvalue weighted by atomic mass is 16.3. The zero-order valence-electron chi connectivity index (χ0n) is 14.5. The molecule has 0 saturated carbocycles. The molecule has 8 nitrogen and oxygen atoms in total. The van der Waals surface area contributed by atoms with Crippen molar-refractivity contribution in [2.24, 2.45) is 5.10 Å². The predicted molar refractivity (Wildman–Crippen MR) is 96.2 cm³/mol. The fourth-order valence-corrected chi connectivity index (χ4v) is 2.02. The fourth-order valence-electron chi connectivity index (χ4n) is 2.02. The normalized spacial score (nSPS) is 10.9. The zero-order valence-corrected chi connectivity index (χ0v) is 14.5. The summed E-state index contributed by atoms with van der Waals surface area (Å²) in [7, 11) is 0. The Morgan fingerprint density at radius 1 is 1.08 bits per heavy atom. The number of carbonyl (C=O) groups is 3. The summed E-state index contributed by atoms with van der Waals surface area (Å²) in [5.74, 6) is -1.39. The third-order valence-electron chi connectivity index (χ3n) is 3.40. The van der Waals surface area contributed by atoms with Gasteiger partial charge in [0.05, 0.1) is 19.2 Å². The van der Waals surface area contributed by atoms with Crippen LogP contribution in [-0.2, 0) is 20.9 Å². The van der Waals surface area contributed by atoms with Gasteiger partial charge in [-0.1, -0.05) is 18.2 Å². The number of benzene rings is 1. The van der Waals surface area contributed by atoms with Gasteiger partial charge >= 0.3 is 11.8 Å². The monoisotopic (exact) mass is 356 g/mol. The molecule has 0 aliphatic heterocycles. The van der Waals surface area contributed by atoms with Gasteiger partial charge in [-0.2, -0.15) is 5.10 Å². The highest BCUT2D eigenvalue weighted by Gasteiger charge is 2.14. The van der Waals surface area contributed by atoms with Gasteiger partial charge in [-0.3, -0.25) is 14.4 Å². The molecular weight excluding hydrogens is 336 g/mol. The SMILES string of the molecule is C/C(CC(=O)NCc1ccco1)=N\NC(=O)C(=O)Nc1ccccc1C. The van der Waals surface area contributed by atoms with Gasteiger partial charge < -0.3 is 15.1 Å². The standard InChI is InChI=1S/C18H20N4O4/c1-12-6-3-4-8-15(12)20-17(24)18(25)22-21-13(2)10-16(23)19-11-14-7-5-9-26-14/h3-9H,10-11H2,1-2H3,(H,19,23)(H,20,24)(H,22,25)/b21-13+.